The fourth-order valence-electron chi connectivity index (χ4n) is 3.35. The number of nitrogens with one attached hydrogen (secondary N) is 1. The first-order chi connectivity index (χ1) is 13.2. The molecule has 146 valence electrons. The van der Waals surface area contributed by atoms with Gasteiger partial charge in [-0.15, -0.1) is 10.2 Å². The molecule has 2 aromatic rings. The zero-order valence-corrected chi connectivity index (χ0v) is 17.4. The molecule has 6 nitrogen and oxygen atoms in total. The van der Waals surface area contributed by atoms with Crippen LogP contribution in [0, 0.1) is 0 Å². The Balaban J connectivity index is 1.51. The fourth-order valence-corrected chi connectivity index (χ4v) is 5.01. The summed E-state index contributed by atoms with van der Waals surface area (Å²) in [5.74, 6) is 1.43. The first kappa shape index (κ1) is 19.9. The number of benzene rings is 1. The van der Waals surface area contributed by atoms with Crippen LogP contribution in [-0.2, 0) is 4.79 Å². The lowest BCUT2D eigenvalue weighted by Gasteiger charge is -2.33. The summed E-state index contributed by atoms with van der Waals surface area (Å²) in [5.41, 5.74) is 0.925. The SMILES string of the molecule is CCN(C(=O)CSc1nnc(Nc2ccc(OC)cc2)s1)C1CCCCC1. The van der Waals surface area contributed by atoms with E-state index in [1.165, 1.54) is 42.4 Å². The van der Waals surface area contributed by atoms with Crippen LogP contribution in [-0.4, -0.2) is 46.5 Å². The third-order valence-corrected chi connectivity index (χ3v) is 6.70. The first-order valence-electron chi connectivity index (χ1n) is 9.36. The van der Waals surface area contributed by atoms with E-state index in [0.717, 1.165) is 40.3 Å². The maximum atomic E-state index is 12.6. The van der Waals surface area contributed by atoms with E-state index >= 15 is 0 Å². The molecule has 0 saturated heterocycles. The number of hydrogen-bond donors (Lipinski definition) is 1. The molecule has 1 aromatic carbocycles. The van der Waals surface area contributed by atoms with Crippen LogP contribution in [0.5, 0.6) is 5.75 Å². The average Bonchev–Trinajstić information content (AvgIpc) is 3.16. The maximum absolute atomic E-state index is 12.6. The number of methoxy groups -OCH3 is 1. The van der Waals surface area contributed by atoms with Crippen molar-refractivity contribution in [1.29, 1.82) is 0 Å². The highest BCUT2D eigenvalue weighted by Crippen LogP contribution is 2.29. The van der Waals surface area contributed by atoms with Gasteiger partial charge in [-0.1, -0.05) is 42.4 Å². The Morgan fingerprint density at radius 2 is 2.00 bits per heavy atom. The van der Waals surface area contributed by atoms with E-state index in [0.29, 0.717) is 11.8 Å². The minimum absolute atomic E-state index is 0.203. The van der Waals surface area contributed by atoms with Crippen molar-refractivity contribution in [3.8, 4) is 5.75 Å². The fraction of sp³-hybridized carbons (Fsp3) is 0.526. The molecule has 0 radical (unpaired) electrons. The van der Waals surface area contributed by atoms with Gasteiger partial charge in [-0.2, -0.15) is 0 Å². The van der Waals surface area contributed by atoms with Gasteiger partial charge in [0.25, 0.3) is 0 Å². The molecule has 0 unspecified atom stereocenters. The monoisotopic (exact) mass is 406 g/mol. The number of carbonyl (C=O) groups is 1. The Bertz CT molecular complexity index is 730. The van der Waals surface area contributed by atoms with Crippen molar-refractivity contribution in [2.24, 2.45) is 0 Å². The smallest absolute Gasteiger partial charge is 0.233 e. The maximum Gasteiger partial charge on any atom is 0.233 e. The summed E-state index contributed by atoms with van der Waals surface area (Å²) in [5, 5.41) is 12.3. The van der Waals surface area contributed by atoms with E-state index in [4.69, 9.17) is 4.74 Å². The predicted octanol–water partition coefficient (Wildman–Crippen LogP) is 4.56. The summed E-state index contributed by atoms with van der Waals surface area (Å²) in [6.07, 6.45) is 6.04. The molecule has 27 heavy (non-hydrogen) atoms. The second-order valence-electron chi connectivity index (χ2n) is 6.49. The molecule has 0 spiro atoms. The van der Waals surface area contributed by atoms with Gasteiger partial charge in [0.05, 0.1) is 12.9 Å². The number of nitrogens with zero attached hydrogens (tertiary/aromatic N) is 3. The van der Waals surface area contributed by atoms with Gasteiger partial charge in [-0.3, -0.25) is 4.79 Å². The minimum atomic E-state index is 0.203. The second kappa shape index (κ2) is 9.94. The topological polar surface area (TPSA) is 67.4 Å². The van der Waals surface area contributed by atoms with Gasteiger partial charge < -0.3 is 15.0 Å². The van der Waals surface area contributed by atoms with Crippen LogP contribution in [0.2, 0.25) is 0 Å². The van der Waals surface area contributed by atoms with Gasteiger partial charge in [0.2, 0.25) is 11.0 Å². The molecular weight excluding hydrogens is 380 g/mol. The number of amides is 1. The van der Waals surface area contributed by atoms with Crippen molar-refractivity contribution in [1.82, 2.24) is 15.1 Å². The van der Waals surface area contributed by atoms with Crippen LogP contribution >= 0.6 is 23.1 Å². The summed E-state index contributed by atoms with van der Waals surface area (Å²) < 4.78 is 5.96. The Morgan fingerprint density at radius 1 is 1.26 bits per heavy atom. The summed E-state index contributed by atoms with van der Waals surface area (Å²) in [4.78, 5) is 14.7. The van der Waals surface area contributed by atoms with Crippen LogP contribution in [0.1, 0.15) is 39.0 Å². The van der Waals surface area contributed by atoms with Gasteiger partial charge in [0.15, 0.2) is 4.34 Å². The van der Waals surface area contributed by atoms with E-state index in [1.54, 1.807) is 7.11 Å². The van der Waals surface area contributed by atoms with Gasteiger partial charge in [0.1, 0.15) is 5.75 Å². The van der Waals surface area contributed by atoms with Gasteiger partial charge in [-0.25, -0.2) is 0 Å². The van der Waals surface area contributed by atoms with Crippen molar-refractivity contribution < 1.29 is 9.53 Å². The number of anilines is 2. The van der Waals surface area contributed by atoms with E-state index in [-0.39, 0.29) is 5.91 Å². The molecule has 1 aliphatic rings. The molecule has 1 amide bonds. The Kier molecular flexibility index (Phi) is 7.34. The van der Waals surface area contributed by atoms with Crippen LogP contribution in [0.4, 0.5) is 10.8 Å². The normalized spacial score (nSPS) is 14.7. The number of carbonyl (C=O) groups excluding carboxylic acids is 1. The van der Waals surface area contributed by atoms with Gasteiger partial charge in [0, 0.05) is 18.3 Å². The van der Waals surface area contributed by atoms with E-state index < -0.39 is 0 Å². The molecule has 8 heteroatoms. The molecule has 0 atom stereocenters. The molecule has 1 aliphatic carbocycles. The highest BCUT2D eigenvalue weighted by Gasteiger charge is 2.24. The van der Waals surface area contributed by atoms with Gasteiger partial charge in [-0.05, 0) is 44.0 Å². The summed E-state index contributed by atoms with van der Waals surface area (Å²) in [6, 6.07) is 8.06. The highest BCUT2D eigenvalue weighted by molar-refractivity contribution is 8.01. The number of hydrogen-bond acceptors (Lipinski definition) is 7. The molecule has 0 bridgehead atoms. The lowest BCUT2D eigenvalue weighted by molar-refractivity contribution is -0.131. The van der Waals surface area contributed by atoms with Crippen LogP contribution in [0.15, 0.2) is 28.6 Å². The second-order valence-corrected chi connectivity index (χ2v) is 8.69. The van der Waals surface area contributed by atoms with E-state index in [9.17, 15) is 4.79 Å². The summed E-state index contributed by atoms with van der Waals surface area (Å²) in [6.45, 7) is 2.85. The number of rotatable bonds is 8. The van der Waals surface area contributed by atoms with Crippen molar-refractivity contribution in [2.75, 3.05) is 24.7 Å². The zero-order chi connectivity index (χ0) is 19.1. The molecule has 1 fully saturated rings. The van der Waals surface area contributed by atoms with E-state index in [2.05, 4.69) is 22.4 Å². The molecule has 1 aromatic heterocycles. The molecule has 1 saturated carbocycles. The first-order valence-corrected chi connectivity index (χ1v) is 11.2. The third kappa shape index (κ3) is 5.59. The highest BCUT2D eigenvalue weighted by atomic mass is 32.2. The molecule has 3 rings (SSSR count). The lowest BCUT2D eigenvalue weighted by atomic mass is 9.94. The standard InChI is InChI=1S/C19H26N4O2S2/c1-3-23(15-7-5-4-6-8-15)17(24)13-26-19-22-21-18(27-19)20-14-9-11-16(25-2)12-10-14/h9-12,15H,3-8,13H2,1-2H3,(H,20,21). The lowest BCUT2D eigenvalue weighted by Crippen LogP contribution is -2.42. The van der Waals surface area contributed by atoms with Crippen LogP contribution in [0.3, 0.4) is 0 Å². The van der Waals surface area contributed by atoms with E-state index in [1.807, 2.05) is 29.2 Å². The average molecular weight is 407 g/mol. The van der Waals surface area contributed by atoms with Crippen molar-refractivity contribution >= 4 is 39.8 Å². The minimum Gasteiger partial charge on any atom is -0.497 e. The largest absolute Gasteiger partial charge is 0.497 e. The Labute approximate surface area is 168 Å². The van der Waals surface area contributed by atoms with Crippen LogP contribution < -0.4 is 10.1 Å². The molecular formula is C19H26N4O2S2. The predicted molar refractivity (Wildman–Crippen MR) is 111 cm³/mol. The number of aromatic nitrogens is 2. The quantitative estimate of drug-likeness (QED) is 0.648. The Hall–Kier alpha value is -1.80. The van der Waals surface area contributed by atoms with Crippen LogP contribution in [0.25, 0.3) is 0 Å². The number of thioether (sulfide) groups is 1. The van der Waals surface area contributed by atoms with Crippen molar-refractivity contribution in [3.05, 3.63) is 24.3 Å². The third-order valence-electron chi connectivity index (χ3n) is 4.74. The van der Waals surface area contributed by atoms with Gasteiger partial charge >= 0.3 is 0 Å². The molecule has 0 aliphatic heterocycles. The summed E-state index contributed by atoms with van der Waals surface area (Å²) >= 11 is 2.93. The summed E-state index contributed by atoms with van der Waals surface area (Å²) in [7, 11) is 1.64. The number of ether oxygens (including phenoxy) is 1. The Morgan fingerprint density at radius 3 is 2.67 bits per heavy atom. The zero-order valence-electron chi connectivity index (χ0n) is 15.8. The molecule has 1 N–H and O–H groups in total. The van der Waals surface area contributed by atoms with Crippen molar-refractivity contribution in [2.45, 2.75) is 49.4 Å². The molecule has 1 heterocycles. The van der Waals surface area contributed by atoms with Crippen molar-refractivity contribution in [3.63, 3.8) is 0 Å².